The van der Waals surface area contributed by atoms with Gasteiger partial charge in [-0.1, -0.05) is 48.0 Å². The predicted octanol–water partition coefficient (Wildman–Crippen LogP) is 7.68. The van der Waals surface area contributed by atoms with E-state index in [9.17, 15) is 9.59 Å². The van der Waals surface area contributed by atoms with E-state index in [1.165, 1.54) is 0 Å². The molecule has 0 atom stereocenters. The monoisotopic (exact) mass is 577 g/mol. The minimum Gasteiger partial charge on any atom is -0.487 e. The molecule has 0 aliphatic carbocycles. The summed E-state index contributed by atoms with van der Waals surface area (Å²) in [5.74, 6) is 0.280. The van der Waals surface area contributed by atoms with Gasteiger partial charge in [-0.25, -0.2) is 4.90 Å². The Morgan fingerprint density at radius 2 is 1.68 bits per heavy atom. The van der Waals surface area contributed by atoms with Gasteiger partial charge in [-0.3, -0.25) is 9.59 Å². The zero-order valence-corrected chi connectivity index (χ0v) is 20.6. The van der Waals surface area contributed by atoms with Crippen LogP contribution < -0.4 is 9.64 Å². The van der Waals surface area contributed by atoms with Crippen LogP contribution in [0.25, 0.3) is 6.08 Å². The van der Waals surface area contributed by atoms with Crippen molar-refractivity contribution >= 4 is 78.1 Å². The largest absolute Gasteiger partial charge is 0.487 e. The summed E-state index contributed by atoms with van der Waals surface area (Å²) in [6.07, 6.45) is 1.69. The number of nitrogens with zero attached hydrogens (tertiary/aromatic N) is 1. The summed E-state index contributed by atoms with van der Waals surface area (Å²) in [4.78, 5) is 26.8. The second-order valence-electron chi connectivity index (χ2n) is 6.58. The summed E-state index contributed by atoms with van der Waals surface area (Å²) in [6.45, 7) is 0.426. The van der Waals surface area contributed by atoms with Gasteiger partial charge in [0.25, 0.3) is 11.1 Å². The number of carbonyl (C=O) groups excluding carboxylic acids is 2. The van der Waals surface area contributed by atoms with E-state index in [0.29, 0.717) is 28.0 Å². The summed E-state index contributed by atoms with van der Waals surface area (Å²) in [5, 5.41) is 0.0962. The molecule has 31 heavy (non-hydrogen) atoms. The van der Waals surface area contributed by atoms with Crippen molar-refractivity contribution < 1.29 is 14.3 Å². The Bertz CT molecular complexity index is 1180. The summed E-state index contributed by atoms with van der Waals surface area (Å²) < 4.78 is 7.41. The molecule has 4 rings (SSSR count). The van der Waals surface area contributed by atoms with Crippen LogP contribution in [-0.2, 0) is 11.4 Å². The molecule has 1 saturated heterocycles. The highest BCUT2D eigenvalue weighted by molar-refractivity contribution is 9.11. The minimum atomic E-state index is -0.381. The van der Waals surface area contributed by atoms with Crippen LogP contribution in [0.4, 0.5) is 10.5 Å². The molecule has 4 nitrogen and oxygen atoms in total. The second kappa shape index (κ2) is 9.61. The van der Waals surface area contributed by atoms with Crippen molar-refractivity contribution in [2.45, 2.75) is 6.61 Å². The Kier molecular flexibility index (Phi) is 6.86. The number of thioether (sulfide) groups is 1. The van der Waals surface area contributed by atoms with Crippen molar-refractivity contribution in [3.8, 4) is 5.75 Å². The molecule has 0 unspecified atom stereocenters. The Morgan fingerprint density at radius 1 is 0.968 bits per heavy atom. The lowest BCUT2D eigenvalue weighted by molar-refractivity contribution is -0.113. The highest BCUT2D eigenvalue weighted by atomic mass is 79.9. The molecular formula is C23H14Br2ClNO3S. The van der Waals surface area contributed by atoms with E-state index >= 15 is 0 Å². The highest BCUT2D eigenvalue weighted by Gasteiger charge is 2.36. The van der Waals surface area contributed by atoms with Gasteiger partial charge in [-0.15, -0.1) is 0 Å². The van der Waals surface area contributed by atoms with E-state index in [0.717, 1.165) is 36.7 Å². The molecule has 156 valence electrons. The number of ether oxygens (including phenoxy) is 1. The van der Waals surface area contributed by atoms with Crippen molar-refractivity contribution in [1.29, 1.82) is 0 Å². The number of anilines is 1. The average molecular weight is 580 g/mol. The number of hydrogen-bond acceptors (Lipinski definition) is 4. The van der Waals surface area contributed by atoms with Gasteiger partial charge in [0.15, 0.2) is 0 Å². The maximum absolute atomic E-state index is 12.9. The quantitative estimate of drug-likeness (QED) is 0.291. The fraction of sp³-hybridized carbons (Fsp3) is 0.0435. The third-order valence-corrected chi connectivity index (χ3v) is 6.69. The summed E-state index contributed by atoms with van der Waals surface area (Å²) in [7, 11) is 0. The molecule has 1 aliphatic rings. The van der Waals surface area contributed by atoms with Crippen LogP contribution in [0.15, 0.2) is 80.6 Å². The number of halogens is 3. The second-order valence-corrected chi connectivity index (χ2v) is 9.72. The topological polar surface area (TPSA) is 46.6 Å². The molecule has 3 aromatic rings. The first-order chi connectivity index (χ1) is 14.9. The molecule has 8 heteroatoms. The van der Waals surface area contributed by atoms with Crippen LogP contribution in [0.3, 0.4) is 0 Å². The zero-order chi connectivity index (χ0) is 22.0. The average Bonchev–Trinajstić information content (AvgIpc) is 3.01. The summed E-state index contributed by atoms with van der Waals surface area (Å²) in [6, 6.07) is 20.2. The molecule has 1 heterocycles. The molecule has 0 N–H and O–H groups in total. The van der Waals surface area contributed by atoms with Gasteiger partial charge < -0.3 is 4.74 Å². The maximum Gasteiger partial charge on any atom is 0.298 e. The first-order valence-electron chi connectivity index (χ1n) is 9.11. The fourth-order valence-electron chi connectivity index (χ4n) is 2.99. The normalized spacial score (nSPS) is 15.1. The SMILES string of the molecule is O=C1S/C(=C/c2cc(Br)c(OCc3ccccc3)c(Br)c2)C(=O)N1c1cccc(Cl)c1. The third-order valence-electron chi connectivity index (χ3n) is 4.40. The predicted molar refractivity (Wildman–Crippen MR) is 133 cm³/mol. The van der Waals surface area contributed by atoms with Crippen molar-refractivity contribution in [3.05, 3.63) is 96.7 Å². The van der Waals surface area contributed by atoms with Crippen LogP contribution >= 0.6 is 55.2 Å². The van der Waals surface area contributed by atoms with E-state index in [1.807, 2.05) is 42.5 Å². The molecule has 3 aromatic carbocycles. The van der Waals surface area contributed by atoms with Crippen LogP contribution in [0, 0.1) is 0 Å². The van der Waals surface area contributed by atoms with Crippen LogP contribution in [0.2, 0.25) is 5.02 Å². The Labute approximate surface area is 205 Å². The van der Waals surface area contributed by atoms with Gasteiger partial charge in [0.2, 0.25) is 0 Å². The van der Waals surface area contributed by atoms with Gasteiger partial charge in [0.1, 0.15) is 12.4 Å². The first kappa shape index (κ1) is 22.1. The zero-order valence-electron chi connectivity index (χ0n) is 15.8. The first-order valence-corrected chi connectivity index (χ1v) is 11.9. The summed E-state index contributed by atoms with van der Waals surface area (Å²) >= 11 is 14.0. The lowest BCUT2D eigenvalue weighted by atomic mass is 10.2. The number of benzene rings is 3. The standard InChI is InChI=1S/C23H14Br2ClNO3S/c24-18-9-15(10-19(25)21(18)30-13-14-5-2-1-3-6-14)11-20-22(28)27(23(29)31-20)17-8-4-7-16(26)12-17/h1-12H,13H2/b20-11+. The molecule has 1 aliphatic heterocycles. The fourth-order valence-corrected chi connectivity index (χ4v) is 5.46. The molecule has 0 radical (unpaired) electrons. The number of hydrogen-bond donors (Lipinski definition) is 0. The Morgan fingerprint density at radius 3 is 2.35 bits per heavy atom. The van der Waals surface area contributed by atoms with Crippen LogP contribution in [0.5, 0.6) is 5.75 Å². The molecule has 0 saturated carbocycles. The number of carbonyl (C=O) groups is 2. The molecule has 0 aromatic heterocycles. The van der Waals surface area contributed by atoms with E-state index in [4.69, 9.17) is 16.3 Å². The smallest absolute Gasteiger partial charge is 0.298 e. The van der Waals surface area contributed by atoms with E-state index in [1.54, 1.807) is 30.3 Å². The number of imide groups is 1. The van der Waals surface area contributed by atoms with Gasteiger partial charge in [-0.2, -0.15) is 0 Å². The van der Waals surface area contributed by atoms with E-state index in [2.05, 4.69) is 31.9 Å². The Hall–Kier alpha value is -2.06. The Balaban J connectivity index is 1.56. The van der Waals surface area contributed by atoms with Gasteiger partial charge in [0, 0.05) is 5.02 Å². The molecule has 0 spiro atoms. The van der Waals surface area contributed by atoms with Gasteiger partial charge in [-0.05, 0) is 91.2 Å². The van der Waals surface area contributed by atoms with Crippen LogP contribution in [-0.4, -0.2) is 11.1 Å². The third kappa shape index (κ3) is 5.06. The lowest BCUT2D eigenvalue weighted by Gasteiger charge is -2.12. The lowest BCUT2D eigenvalue weighted by Crippen LogP contribution is -2.27. The van der Waals surface area contributed by atoms with Crippen molar-refractivity contribution in [1.82, 2.24) is 0 Å². The van der Waals surface area contributed by atoms with Crippen molar-refractivity contribution in [2.24, 2.45) is 0 Å². The van der Waals surface area contributed by atoms with E-state index < -0.39 is 0 Å². The maximum atomic E-state index is 12.9. The van der Waals surface area contributed by atoms with Crippen LogP contribution in [0.1, 0.15) is 11.1 Å². The van der Waals surface area contributed by atoms with Crippen molar-refractivity contribution in [3.63, 3.8) is 0 Å². The van der Waals surface area contributed by atoms with Gasteiger partial charge >= 0.3 is 0 Å². The molecule has 2 amide bonds. The molecule has 0 bridgehead atoms. The van der Waals surface area contributed by atoms with Gasteiger partial charge in [0.05, 0.1) is 19.5 Å². The minimum absolute atomic E-state index is 0.335. The highest BCUT2D eigenvalue weighted by Crippen LogP contribution is 2.39. The summed E-state index contributed by atoms with van der Waals surface area (Å²) in [5.41, 5.74) is 2.26. The number of amides is 2. The van der Waals surface area contributed by atoms with E-state index in [-0.39, 0.29) is 11.1 Å². The number of rotatable bonds is 5. The molecular weight excluding hydrogens is 566 g/mol. The molecule has 1 fully saturated rings. The van der Waals surface area contributed by atoms with Crippen molar-refractivity contribution in [2.75, 3.05) is 4.90 Å².